The van der Waals surface area contributed by atoms with Crippen molar-refractivity contribution in [1.29, 1.82) is 0 Å². The maximum absolute atomic E-state index is 11.8. The Morgan fingerprint density at radius 3 is 2.95 bits per heavy atom. The molecule has 0 aliphatic carbocycles. The molecule has 0 unspecified atom stereocenters. The standard InChI is InChI=1S/C14H24N2O3/c17-14(16-7-1-2-8-16)10-18-9-11-3-4-12-13(19-11)5-6-15-12/h11-13,15H,1-10H2/t11-,12-,13-/m1/s1. The van der Waals surface area contributed by atoms with Crippen LogP contribution in [0.4, 0.5) is 0 Å². The molecule has 5 nitrogen and oxygen atoms in total. The average Bonchev–Trinajstić information content (AvgIpc) is 3.09. The van der Waals surface area contributed by atoms with Crippen LogP contribution in [0.25, 0.3) is 0 Å². The third kappa shape index (κ3) is 3.27. The maximum Gasteiger partial charge on any atom is 0.248 e. The molecule has 3 rings (SSSR count). The molecule has 1 amide bonds. The minimum atomic E-state index is 0.133. The van der Waals surface area contributed by atoms with Crippen LogP contribution in [0.2, 0.25) is 0 Å². The quantitative estimate of drug-likeness (QED) is 0.808. The van der Waals surface area contributed by atoms with Gasteiger partial charge in [-0.15, -0.1) is 0 Å². The molecule has 3 aliphatic heterocycles. The van der Waals surface area contributed by atoms with E-state index >= 15 is 0 Å². The summed E-state index contributed by atoms with van der Waals surface area (Å²) in [6.45, 7) is 3.64. The molecule has 0 radical (unpaired) electrons. The number of amides is 1. The van der Waals surface area contributed by atoms with Crippen molar-refractivity contribution in [3.63, 3.8) is 0 Å². The van der Waals surface area contributed by atoms with Crippen molar-refractivity contribution in [3.8, 4) is 0 Å². The molecule has 19 heavy (non-hydrogen) atoms. The van der Waals surface area contributed by atoms with Crippen molar-refractivity contribution in [2.75, 3.05) is 32.8 Å². The Balaban J connectivity index is 1.34. The van der Waals surface area contributed by atoms with E-state index in [9.17, 15) is 4.79 Å². The Kier molecular flexibility index (Phi) is 4.35. The summed E-state index contributed by atoms with van der Waals surface area (Å²) in [6, 6.07) is 0.544. The summed E-state index contributed by atoms with van der Waals surface area (Å²) in [4.78, 5) is 13.7. The molecule has 3 fully saturated rings. The van der Waals surface area contributed by atoms with Crippen LogP contribution in [0.3, 0.4) is 0 Å². The van der Waals surface area contributed by atoms with Gasteiger partial charge in [-0.3, -0.25) is 4.79 Å². The second-order valence-electron chi connectivity index (χ2n) is 5.83. The highest BCUT2D eigenvalue weighted by molar-refractivity contribution is 5.77. The highest BCUT2D eigenvalue weighted by atomic mass is 16.5. The fraction of sp³-hybridized carbons (Fsp3) is 0.929. The molecule has 1 N–H and O–H groups in total. The predicted molar refractivity (Wildman–Crippen MR) is 70.9 cm³/mol. The van der Waals surface area contributed by atoms with Gasteiger partial charge in [-0.25, -0.2) is 0 Å². The van der Waals surface area contributed by atoms with Crippen molar-refractivity contribution in [1.82, 2.24) is 10.2 Å². The zero-order valence-corrected chi connectivity index (χ0v) is 11.5. The monoisotopic (exact) mass is 268 g/mol. The Morgan fingerprint density at radius 2 is 2.11 bits per heavy atom. The van der Waals surface area contributed by atoms with Crippen LogP contribution in [-0.2, 0) is 14.3 Å². The number of carbonyl (C=O) groups is 1. The SMILES string of the molecule is O=C(COC[C@H]1CC[C@H]2NCC[C@H]2O1)N1CCCC1. The molecule has 3 heterocycles. The Bertz CT molecular complexity index is 318. The van der Waals surface area contributed by atoms with E-state index in [1.54, 1.807) is 0 Å². The first kappa shape index (κ1) is 13.3. The van der Waals surface area contributed by atoms with Crippen molar-refractivity contribution in [3.05, 3.63) is 0 Å². The number of ether oxygens (including phenoxy) is 2. The lowest BCUT2D eigenvalue weighted by molar-refractivity contribution is -0.138. The van der Waals surface area contributed by atoms with Crippen LogP contribution in [0.1, 0.15) is 32.1 Å². The summed E-state index contributed by atoms with van der Waals surface area (Å²) in [5.74, 6) is 0.133. The lowest BCUT2D eigenvalue weighted by Gasteiger charge is -2.32. The Hall–Kier alpha value is -0.650. The van der Waals surface area contributed by atoms with Gasteiger partial charge in [-0.2, -0.15) is 0 Å². The molecule has 0 spiro atoms. The van der Waals surface area contributed by atoms with E-state index in [0.717, 1.165) is 45.3 Å². The van der Waals surface area contributed by atoms with Gasteiger partial charge in [0.2, 0.25) is 5.91 Å². The number of fused-ring (bicyclic) bond motifs is 1. The van der Waals surface area contributed by atoms with Crippen LogP contribution in [0.15, 0.2) is 0 Å². The lowest BCUT2D eigenvalue weighted by Crippen LogP contribution is -2.42. The van der Waals surface area contributed by atoms with Crippen LogP contribution in [0, 0.1) is 0 Å². The molecule has 0 saturated carbocycles. The lowest BCUT2D eigenvalue weighted by atomic mass is 10.0. The number of hydrogen-bond donors (Lipinski definition) is 1. The fourth-order valence-electron chi connectivity index (χ4n) is 3.33. The van der Waals surface area contributed by atoms with Crippen molar-refractivity contribution in [2.24, 2.45) is 0 Å². The van der Waals surface area contributed by atoms with E-state index in [-0.39, 0.29) is 18.6 Å². The molecular weight excluding hydrogens is 244 g/mol. The minimum Gasteiger partial charge on any atom is -0.371 e. The molecule has 0 aromatic carbocycles. The van der Waals surface area contributed by atoms with Crippen molar-refractivity contribution < 1.29 is 14.3 Å². The van der Waals surface area contributed by atoms with Gasteiger partial charge in [0.15, 0.2) is 0 Å². The van der Waals surface area contributed by atoms with Gasteiger partial charge in [0.25, 0.3) is 0 Å². The number of rotatable bonds is 4. The molecular formula is C14H24N2O3. The van der Waals surface area contributed by atoms with Crippen molar-refractivity contribution >= 4 is 5.91 Å². The summed E-state index contributed by atoms with van der Waals surface area (Å²) < 4.78 is 11.6. The number of nitrogens with one attached hydrogen (secondary N) is 1. The van der Waals surface area contributed by atoms with E-state index in [0.29, 0.717) is 18.8 Å². The normalized spacial score (nSPS) is 34.5. The summed E-state index contributed by atoms with van der Waals surface area (Å²) in [6.07, 6.45) is 6.10. The Morgan fingerprint density at radius 1 is 1.26 bits per heavy atom. The molecule has 3 saturated heterocycles. The van der Waals surface area contributed by atoms with Crippen LogP contribution in [-0.4, -0.2) is 61.9 Å². The molecule has 108 valence electrons. The van der Waals surface area contributed by atoms with Crippen LogP contribution >= 0.6 is 0 Å². The number of likely N-dealkylation sites (tertiary alicyclic amines) is 1. The Labute approximate surface area is 114 Å². The first-order valence-corrected chi connectivity index (χ1v) is 7.57. The topological polar surface area (TPSA) is 50.8 Å². The molecule has 0 bridgehead atoms. The summed E-state index contributed by atoms with van der Waals surface area (Å²) in [5.41, 5.74) is 0. The first-order valence-electron chi connectivity index (χ1n) is 7.57. The van der Waals surface area contributed by atoms with E-state index in [2.05, 4.69) is 5.32 Å². The minimum absolute atomic E-state index is 0.133. The molecule has 3 aliphatic rings. The average molecular weight is 268 g/mol. The third-order valence-electron chi connectivity index (χ3n) is 4.44. The highest BCUT2D eigenvalue weighted by Crippen LogP contribution is 2.25. The van der Waals surface area contributed by atoms with Crippen LogP contribution in [0.5, 0.6) is 0 Å². The van der Waals surface area contributed by atoms with E-state index in [4.69, 9.17) is 9.47 Å². The number of carbonyl (C=O) groups excluding carboxylic acids is 1. The van der Waals surface area contributed by atoms with Gasteiger partial charge in [-0.1, -0.05) is 0 Å². The largest absolute Gasteiger partial charge is 0.371 e. The summed E-state index contributed by atoms with van der Waals surface area (Å²) >= 11 is 0. The van der Waals surface area contributed by atoms with E-state index in [1.165, 1.54) is 6.42 Å². The van der Waals surface area contributed by atoms with Crippen LogP contribution < -0.4 is 5.32 Å². The van der Waals surface area contributed by atoms with E-state index in [1.807, 2.05) is 4.90 Å². The smallest absolute Gasteiger partial charge is 0.248 e. The molecule has 5 heteroatoms. The van der Waals surface area contributed by atoms with Gasteiger partial charge in [0, 0.05) is 19.1 Å². The summed E-state index contributed by atoms with van der Waals surface area (Å²) in [5, 5.41) is 3.46. The predicted octanol–water partition coefficient (Wildman–Crippen LogP) is 0.535. The van der Waals surface area contributed by atoms with E-state index < -0.39 is 0 Å². The number of hydrogen-bond acceptors (Lipinski definition) is 4. The molecule has 0 aromatic heterocycles. The van der Waals surface area contributed by atoms with Gasteiger partial charge in [-0.05, 0) is 38.6 Å². The van der Waals surface area contributed by atoms with Gasteiger partial charge in [0.05, 0.1) is 18.8 Å². The zero-order valence-electron chi connectivity index (χ0n) is 11.5. The van der Waals surface area contributed by atoms with Crippen molar-refractivity contribution in [2.45, 2.75) is 50.4 Å². The first-order chi connectivity index (χ1) is 9.33. The second-order valence-corrected chi connectivity index (χ2v) is 5.83. The third-order valence-corrected chi connectivity index (χ3v) is 4.44. The van der Waals surface area contributed by atoms with Gasteiger partial charge >= 0.3 is 0 Å². The number of nitrogens with zero attached hydrogens (tertiary/aromatic N) is 1. The summed E-state index contributed by atoms with van der Waals surface area (Å²) in [7, 11) is 0. The van der Waals surface area contributed by atoms with Gasteiger partial charge in [0.1, 0.15) is 6.61 Å². The highest BCUT2D eigenvalue weighted by Gasteiger charge is 2.34. The fourth-order valence-corrected chi connectivity index (χ4v) is 3.33. The molecule has 3 atom stereocenters. The maximum atomic E-state index is 11.8. The molecule has 0 aromatic rings. The zero-order chi connectivity index (χ0) is 13.1. The second kappa shape index (κ2) is 6.20. The van der Waals surface area contributed by atoms with Gasteiger partial charge < -0.3 is 19.7 Å².